The van der Waals surface area contributed by atoms with Gasteiger partial charge in [-0.1, -0.05) is 66.7 Å². The molecule has 22 heteroatoms. The minimum atomic E-state index is -5.98. The molecule has 1 fully saturated rings. The second-order valence-electron chi connectivity index (χ2n) is 12.4. The summed E-state index contributed by atoms with van der Waals surface area (Å²) >= 11 is 0. The van der Waals surface area contributed by atoms with Gasteiger partial charge in [0.25, 0.3) is 5.56 Å². The molecule has 7 rings (SSSR count). The number of benzene rings is 5. The first-order valence-electron chi connectivity index (χ1n) is 16.2. The van der Waals surface area contributed by atoms with Crippen molar-refractivity contribution in [3.63, 3.8) is 0 Å². The molecule has 5 unspecified atom stereocenters. The predicted octanol–water partition coefficient (Wildman–Crippen LogP) is 4.93. The minimum Gasteiger partial charge on any atom is -0.483 e. The topological polar surface area (TPSA) is 256 Å². The second kappa shape index (κ2) is 14.8. The number of H-pyrrole nitrogens is 1. The van der Waals surface area contributed by atoms with Gasteiger partial charge in [0.1, 0.15) is 11.9 Å². The molecule has 0 aliphatic carbocycles. The Morgan fingerprint density at radius 2 is 1.45 bits per heavy atom. The number of hydrogen-bond acceptors (Lipinski definition) is 13. The van der Waals surface area contributed by atoms with Gasteiger partial charge in [-0.25, -0.2) is 26.9 Å². The molecule has 1 aliphatic rings. The summed E-state index contributed by atoms with van der Waals surface area (Å²) in [4.78, 5) is 57.4. The lowest BCUT2D eigenvalue weighted by Gasteiger charge is -2.26. The lowest BCUT2D eigenvalue weighted by Crippen LogP contribution is -2.41. The molecule has 1 aliphatic heterocycles. The number of sulfone groups is 1. The normalized spacial score (nSPS) is 21.1. The summed E-state index contributed by atoms with van der Waals surface area (Å²) in [5.74, 6) is -0.678. The summed E-state index contributed by atoms with van der Waals surface area (Å²) in [7, 11) is -21.5. The van der Waals surface area contributed by atoms with Crippen molar-refractivity contribution in [1.82, 2.24) is 9.55 Å². The van der Waals surface area contributed by atoms with Crippen LogP contribution in [0.4, 0.5) is 0 Å². The van der Waals surface area contributed by atoms with Crippen molar-refractivity contribution in [3.05, 3.63) is 118 Å². The fourth-order valence-corrected chi connectivity index (χ4v) is 11.4. The highest BCUT2D eigenvalue weighted by atomic mass is 32.2. The van der Waals surface area contributed by atoms with Gasteiger partial charge in [-0.05, 0) is 52.1 Å². The number of aryl methyl sites for hydroxylation is 1. The van der Waals surface area contributed by atoms with E-state index in [1.807, 2.05) is 30.3 Å². The number of aromatic nitrogens is 2. The molecule has 6 aromatic rings. The first-order chi connectivity index (χ1) is 25.9. The minimum absolute atomic E-state index is 0.0849. The van der Waals surface area contributed by atoms with E-state index in [1.54, 1.807) is 36.4 Å². The van der Waals surface area contributed by atoms with Gasteiger partial charge in [0.2, 0.25) is 0 Å². The Morgan fingerprint density at radius 3 is 2.16 bits per heavy atom. The monoisotopic (exact) mass is 836 g/mol. The zero-order chi connectivity index (χ0) is 39.3. The zero-order valence-electron chi connectivity index (χ0n) is 28.4. The summed E-state index contributed by atoms with van der Waals surface area (Å²) in [5, 5.41) is 4.58. The number of rotatable bonds is 14. The van der Waals surface area contributed by atoms with Crippen LogP contribution in [0.25, 0.3) is 32.3 Å². The summed E-state index contributed by atoms with van der Waals surface area (Å²) in [6.07, 6.45) is -3.22. The molecule has 4 N–H and O–H groups in total. The number of nitrogens with one attached hydrogen (secondary N) is 1. The molecular formula is C33H31N2O16P3S. The number of phosphoric acid groups is 3. The molecule has 5 aromatic carbocycles. The number of nitrogens with zero attached hydrogens (tertiary/aromatic N) is 1. The Bertz CT molecular complexity index is 2780. The number of phosphoric ester groups is 2. The molecule has 0 spiro atoms. The predicted molar refractivity (Wildman–Crippen MR) is 197 cm³/mol. The Labute approximate surface area is 310 Å². The Morgan fingerprint density at radius 1 is 0.818 bits per heavy atom. The third-order valence-electron chi connectivity index (χ3n) is 8.63. The maximum atomic E-state index is 13.4. The van der Waals surface area contributed by atoms with E-state index in [-0.39, 0.29) is 16.2 Å². The molecule has 1 saturated heterocycles. The fourth-order valence-electron chi connectivity index (χ4n) is 6.30. The summed E-state index contributed by atoms with van der Waals surface area (Å²) < 4.78 is 95.9. The molecule has 290 valence electrons. The van der Waals surface area contributed by atoms with Crippen molar-refractivity contribution in [1.29, 1.82) is 0 Å². The van der Waals surface area contributed by atoms with Crippen LogP contribution in [0.15, 0.2) is 106 Å². The Hall–Kier alpha value is -4.06. The first-order valence-corrected chi connectivity index (χ1v) is 22.3. The number of hydrogen-bond donors (Lipinski definition) is 4. The fraction of sp³-hybridized carbons (Fsp3) is 0.212. The molecular weight excluding hydrogens is 805 g/mol. The van der Waals surface area contributed by atoms with Gasteiger partial charge >= 0.3 is 29.2 Å². The van der Waals surface area contributed by atoms with Crippen LogP contribution in [-0.2, 0) is 45.9 Å². The lowest BCUT2D eigenvalue weighted by atomic mass is 9.94. The molecule has 0 radical (unpaired) electrons. The van der Waals surface area contributed by atoms with E-state index >= 15 is 0 Å². The van der Waals surface area contributed by atoms with Gasteiger partial charge in [-0.3, -0.25) is 23.4 Å². The van der Waals surface area contributed by atoms with Crippen LogP contribution in [-0.4, -0.2) is 63.8 Å². The van der Waals surface area contributed by atoms with Gasteiger partial charge in [0.05, 0.1) is 23.9 Å². The van der Waals surface area contributed by atoms with Crippen LogP contribution in [0.5, 0.6) is 5.75 Å². The van der Waals surface area contributed by atoms with Gasteiger partial charge in [0.15, 0.2) is 22.2 Å². The molecule has 0 bridgehead atoms. The van der Waals surface area contributed by atoms with E-state index in [2.05, 4.69) is 18.1 Å². The van der Waals surface area contributed by atoms with E-state index < -0.39 is 82.0 Å². The molecule has 18 nitrogen and oxygen atoms in total. The third kappa shape index (κ3) is 8.39. The van der Waals surface area contributed by atoms with Crippen molar-refractivity contribution in [2.75, 3.05) is 19.0 Å². The Balaban J connectivity index is 1.02. The summed E-state index contributed by atoms with van der Waals surface area (Å²) in [6, 6.07) is 23.8. The van der Waals surface area contributed by atoms with Crippen molar-refractivity contribution in [2.45, 2.75) is 30.3 Å². The largest absolute Gasteiger partial charge is 0.490 e. The quantitative estimate of drug-likeness (QED) is 0.0838. The van der Waals surface area contributed by atoms with Crippen LogP contribution >= 0.6 is 23.5 Å². The van der Waals surface area contributed by atoms with Crippen LogP contribution < -0.4 is 16.0 Å². The van der Waals surface area contributed by atoms with Crippen molar-refractivity contribution in [3.8, 4) is 5.75 Å². The third-order valence-corrected chi connectivity index (χ3v) is 14.7. The molecule has 55 heavy (non-hydrogen) atoms. The van der Waals surface area contributed by atoms with Gasteiger partial charge in [0, 0.05) is 17.1 Å². The van der Waals surface area contributed by atoms with Crippen molar-refractivity contribution in [2.24, 2.45) is 0 Å². The molecule has 2 heterocycles. The van der Waals surface area contributed by atoms with Crippen LogP contribution in [0, 0.1) is 6.92 Å². The highest BCUT2D eigenvalue weighted by Gasteiger charge is 2.49. The maximum Gasteiger partial charge on any atom is 0.490 e. The molecule has 0 amide bonds. The second-order valence-corrected chi connectivity index (χ2v) is 19.0. The highest BCUT2D eigenvalue weighted by Crippen LogP contribution is 2.68. The van der Waals surface area contributed by atoms with Crippen molar-refractivity contribution >= 4 is 65.6 Å². The standard InChI is InChI=1S/C33H31N2O16P3S/c1-20-18-35(33(37)34-31(20)36)32-30(48-24-8-3-2-4-9-24)26(19-46-32)49-53(40,41)51-54(42,43)50-52(38,39)47-16-17-55(44,45)27-15-13-23-11-10-21-6-5-7-22-12-14-25(27)29(23)28(21)22/h2-15,18,26,30,32H,16-17,19H2,1H3,(H,38,39)(H,40,41)(H,42,43)(H,34,36,37)/t26?,30?,32-/m1/s1. The Kier molecular flexibility index (Phi) is 10.5. The summed E-state index contributed by atoms with van der Waals surface area (Å²) in [5.41, 5.74) is -1.47. The van der Waals surface area contributed by atoms with E-state index in [1.165, 1.54) is 25.1 Å². The van der Waals surface area contributed by atoms with Crippen LogP contribution in [0.1, 0.15) is 11.8 Å². The van der Waals surface area contributed by atoms with Gasteiger partial charge in [-0.2, -0.15) is 8.62 Å². The van der Waals surface area contributed by atoms with Crippen molar-refractivity contribution < 1.29 is 63.9 Å². The number of para-hydroxylation sites is 1. The molecule has 1 aromatic heterocycles. The maximum absolute atomic E-state index is 13.4. The smallest absolute Gasteiger partial charge is 0.483 e. The number of aromatic amines is 1. The first kappa shape index (κ1) is 39.2. The van der Waals surface area contributed by atoms with Gasteiger partial charge in [-0.15, -0.1) is 0 Å². The van der Waals surface area contributed by atoms with E-state index in [0.29, 0.717) is 10.8 Å². The number of ether oxygens (including phenoxy) is 2. The zero-order valence-corrected chi connectivity index (χ0v) is 31.9. The SMILES string of the molecule is Cc1cn([C@@H]2OCC(OP(=O)(O)OP(=O)(O)OP(=O)(O)OCCS(=O)(=O)c3ccc4ccc5cccc6ccc3c4c56)C2Oc2ccccc2)c(=O)[nH]c1=O. The highest BCUT2D eigenvalue weighted by molar-refractivity contribution is 7.91. The van der Waals surface area contributed by atoms with Crippen LogP contribution in [0.2, 0.25) is 0 Å². The summed E-state index contributed by atoms with van der Waals surface area (Å²) in [6.45, 7) is -0.149. The van der Waals surface area contributed by atoms with E-state index in [9.17, 15) is 46.4 Å². The average molecular weight is 837 g/mol. The average Bonchev–Trinajstić information content (AvgIpc) is 3.48. The van der Waals surface area contributed by atoms with E-state index in [0.717, 1.165) is 32.3 Å². The van der Waals surface area contributed by atoms with E-state index in [4.69, 9.17) is 14.0 Å². The lowest BCUT2D eigenvalue weighted by molar-refractivity contribution is -0.00812. The molecule has 0 saturated carbocycles. The van der Waals surface area contributed by atoms with Gasteiger partial charge < -0.3 is 24.2 Å². The molecule has 6 atom stereocenters. The van der Waals surface area contributed by atoms with Crippen LogP contribution in [0.3, 0.4) is 0 Å².